The first-order valence-corrected chi connectivity index (χ1v) is 9.05. The zero-order valence-electron chi connectivity index (χ0n) is 12.4. The van der Waals surface area contributed by atoms with Gasteiger partial charge in [-0.1, -0.05) is 13.0 Å². The van der Waals surface area contributed by atoms with Gasteiger partial charge in [-0.3, -0.25) is 0 Å². The van der Waals surface area contributed by atoms with E-state index in [0.29, 0.717) is 12.3 Å². The summed E-state index contributed by atoms with van der Waals surface area (Å²) in [5.74, 6) is 0.616. The van der Waals surface area contributed by atoms with Crippen molar-refractivity contribution in [3.63, 3.8) is 0 Å². The molecule has 0 aliphatic heterocycles. The van der Waals surface area contributed by atoms with E-state index in [9.17, 15) is 8.42 Å². The summed E-state index contributed by atoms with van der Waals surface area (Å²) in [4.78, 5) is 1.27. The van der Waals surface area contributed by atoms with E-state index in [0.717, 1.165) is 10.7 Å². The third-order valence-corrected chi connectivity index (χ3v) is 5.86. The molecule has 7 heteroatoms. The second-order valence-corrected chi connectivity index (χ2v) is 7.93. The molecule has 0 amide bonds. The Morgan fingerprint density at radius 2 is 2.10 bits per heavy atom. The van der Waals surface area contributed by atoms with Crippen molar-refractivity contribution in [1.29, 1.82) is 0 Å². The minimum Gasteiger partial charge on any atom is -0.447 e. The maximum absolute atomic E-state index is 11.9. The van der Waals surface area contributed by atoms with E-state index in [1.165, 1.54) is 25.0 Å². The largest absolute Gasteiger partial charge is 0.447 e. The Morgan fingerprint density at radius 3 is 2.67 bits per heavy atom. The van der Waals surface area contributed by atoms with Crippen molar-refractivity contribution in [2.75, 3.05) is 14.1 Å². The summed E-state index contributed by atoms with van der Waals surface area (Å²) in [6.45, 7) is 2.61. The molecule has 0 radical (unpaired) electrons. The summed E-state index contributed by atoms with van der Waals surface area (Å²) in [6, 6.07) is 7.57. The average molecular weight is 328 g/mol. The lowest BCUT2D eigenvalue weighted by molar-refractivity contribution is 0.378. The maximum Gasteiger partial charge on any atom is 0.275 e. The van der Waals surface area contributed by atoms with Crippen LogP contribution in [0, 0.1) is 0 Å². The monoisotopic (exact) mass is 328 g/mol. The number of thiophene rings is 1. The highest BCUT2D eigenvalue weighted by atomic mass is 32.2. The van der Waals surface area contributed by atoms with Gasteiger partial charge in [-0.15, -0.1) is 11.3 Å². The van der Waals surface area contributed by atoms with Gasteiger partial charge in [0.1, 0.15) is 5.76 Å². The molecule has 2 aromatic rings. The van der Waals surface area contributed by atoms with Crippen molar-refractivity contribution in [1.82, 2.24) is 9.62 Å². The average Bonchev–Trinajstić information content (AvgIpc) is 3.10. The van der Waals surface area contributed by atoms with Gasteiger partial charge < -0.3 is 9.73 Å². The van der Waals surface area contributed by atoms with Crippen LogP contribution in [0.4, 0.5) is 0 Å². The molecule has 0 aliphatic carbocycles. The van der Waals surface area contributed by atoms with E-state index in [-0.39, 0.29) is 11.1 Å². The first-order valence-electron chi connectivity index (χ1n) is 6.73. The van der Waals surface area contributed by atoms with Gasteiger partial charge in [0.05, 0.1) is 6.54 Å². The lowest BCUT2D eigenvalue weighted by Gasteiger charge is -2.14. The third kappa shape index (κ3) is 3.74. The summed E-state index contributed by atoms with van der Waals surface area (Å²) >= 11 is 1.71. The van der Waals surface area contributed by atoms with Crippen molar-refractivity contribution in [3.05, 3.63) is 40.3 Å². The maximum atomic E-state index is 11.9. The van der Waals surface area contributed by atoms with Gasteiger partial charge in [-0.2, -0.15) is 0 Å². The lowest BCUT2D eigenvalue weighted by atomic mass is 10.2. The summed E-state index contributed by atoms with van der Waals surface area (Å²) in [5, 5.41) is 5.42. The highest BCUT2D eigenvalue weighted by Crippen LogP contribution is 2.23. The van der Waals surface area contributed by atoms with Gasteiger partial charge in [0.2, 0.25) is 5.09 Å². The first kappa shape index (κ1) is 16.2. The Labute approximate surface area is 129 Å². The van der Waals surface area contributed by atoms with E-state index in [2.05, 4.69) is 18.3 Å². The predicted octanol–water partition coefficient (Wildman–Crippen LogP) is 2.83. The number of furan rings is 1. The molecule has 2 aromatic heterocycles. The molecule has 0 saturated carbocycles. The Bertz CT molecular complexity index is 660. The highest BCUT2D eigenvalue weighted by Gasteiger charge is 2.21. The molecule has 21 heavy (non-hydrogen) atoms. The Kier molecular flexibility index (Phi) is 5.21. The summed E-state index contributed by atoms with van der Waals surface area (Å²) in [6.07, 6.45) is 0.962. The fraction of sp³-hybridized carbons (Fsp3) is 0.429. The number of sulfonamides is 1. The predicted molar refractivity (Wildman–Crippen MR) is 83.8 cm³/mol. The highest BCUT2D eigenvalue weighted by molar-refractivity contribution is 7.88. The molecule has 2 rings (SSSR count). The molecule has 116 valence electrons. The number of hydrogen-bond acceptors (Lipinski definition) is 5. The van der Waals surface area contributed by atoms with Crippen molar-refractivity contribution in [2.24, 2.45) is 0 Å². The molecule has 1 atom stereocenters. The van der Waals surface area contributed by atoms with Crippen LogP contribution in [0.15, 0.2) is 39.2 Å². The topological polar surface area (TPSA) is 62.6 Å². The summed E-state index contributed by atoms with van der Waals surface area (Å²) in [5.41, 5.74) is 0. The molecule has 1 unspecified atom stereocenters. The van der Waals surface area contributed by atoms with Gasteiger partial charge in [0.25, 0.3) is 10.0 Å². The van der Waals surface area contributed by atoms with E-state index < -0.39 is 10.0 Å². The standard InChI is InChI=1S/C14H20N2O3S2/c1-4-12(13-6-5-9-20-13)15-10-11-7-8-14(19-11)21(17,18)16(2)3/h5-9,12,15H,4,10H2,1-3H3. The van der Waals surface area contributed by atoms with Gasteiger partial charge in [0, 0.05) is 25.0 Å². The molecular formula is C14H20N2O3S2. The van der Waals surface area contributed by atoms with Crippen LogP contribution in [0.2, 0.25) is 0 Å². The van der Waals surface area contributed by atoms with Gasteiger partial charge in [0.15, 0.2) is 0 Å². The molecule has 0 saturated heterocycles. The third-order valence-electron chi connectivity index (χ3n) is 3.19. The molecule has 1 N–H and O–H groups in total. The second kappa shape index (κ2) is 6.74. The van der Waals surface area contributed by atoms with Crippen LogP contribution in [-0.4, -0.2) is 26.8 Å². The molecule has 0 aliphatic rings. The number of nitrogens with zero attached hydrogens (tertiary/aromatic N) is 1. The molecule has 5 nitrogen and oxygen atoms in total. The van der Waals surface area contributed by atoms with Crippen LogP contribution in [0.25, 0.3) is 0 Å². The zero-order chi connectivity index (χ0) is 15.5. The van der Waals surface area contributed by atoms with Crippen molar-refractivity contribution in [2.45, 2.75) is 31.0 Å². The SMILES string of the molecule is CCC(NCc1ccc(S(=O)(=O)N(C)C)o1)c1cccs1. The molecule has 0 aromatic carbocycles. The zero-order valence-corrected chi connectivity index (χ0v) is 14.0. The fourth-order valence-electron chi connectivity index (χ4n) is 1.93. The second-order valence-electron chi connectivity index (χ2n) is 4.87. The summed E-state index contributed by atoms with van der Waals surface area (Å²) in [7, 11) is -0.531. The Morgan fingerprint density at radius 1 is 1.33 bits per heavy atom. The Hall–Kier alpha value is -1.15. The quantitative estimate of drug-likeness (QED) is 0.849. The van der Waals surface area contributed by atoms with E-state index in [1.54, 1.807) is 17.4 Å². The van der Waals surface area contributed by atoms with Crippen LogP contribution < -0.4 is 5.32 Å². The van der Waals surface area contributed by atoms with Crippen LogP contribution in [0.5, 0.6) is 0 Å². The molecule has 0 fully saturated rings. The number of rotatable bonds is 7. The normalized spacial score (nSPS) is 13.7. The fourth-order valence-corrected chi connectivity index (χ4v) is 3.63. The van der Waals surface area contributed by atoms with E-state index in [1.807, 2.05) is 11.4 Å². The van der Waals surface area contributed by atoms with Crippen LogP contribution >= 0.6 is 11.3 Å². The summed E-state index contributed by atoms with van der Waals surface area (Å²) < 4.78 is 30.5. The molecule has 0 spiro atoms. The Balaban J connectivity index is 2.03. The van der Waals surface area contributed by atoms with Crippen molar-refractivity contribution < 1.29 is 12.8 Å². The van der Waals surface area contributed by atoms with Gasteiger partial charge >= 0.3 is 0 Å². The number of nitrogens with one attached hydrogen (secondary N) is 1. The van der Waals surface area contributed by atoms with E-state index in [4.69, 9.17) is 4.42 Å². The van der Waals surface area contributed by atoms with Crippen LogP contribution in [0.3, 0.4) is 0 Å². The van der Waals surface area contributed by atoms with Crippen molar-refractivity contribution in [3.8, 4) is 0 Å². The smallest absolute Gasteiger partial charge is 0.275 e. The minimum atomic E-state index is -3.50. The lowest BCUT2D eigenvalue weighted by Crippen LogP contribution is -2.21. The molecule has 2 heterocycles. The van der Waals surface area contributed by atoms with E-state index >= 15 is 0 Å². The first-order chi connectivity index (χ1) is 9.95. The molecule has 0 bridgehead atoms. The molecular weight excluding hydrogens is 308 g/mol. The van der Waals surface area contributed by atoms with Gasteiger partial charge in [-0.25, -0.2) is 12.7 Å². The van der Waals surface area contributed by atoms with Gasteiger partial charge in [-0.05, 0) is 30.0 Å². The number of hydrogen-bond donors (Lipinski definition) is 1. The minimum absolute atomic E-state index is 0.0199. The van der Waals surface area contributed by atoms with Crippen molar-refractivity contribution >= 4 is 21.4 Å². The van der Waals surface area contributed by atoms with Crippen LogP contribution in [-0.2, 0) is 16.6 Å². The van der Waals surface area contributed by atoms with Crippen LogP contribution in [0.1, 0.15) is 30.0 Å².